The van der Waals surface area contributed by atoms with E-state index in [2.05, 4.69) is 15.6 Å². The maximum Gasteiger partial charge on any atom is 0.416 e. The van der Waals surface area contributed by atoms with Crippen molar-refractivity contribution in [1.82, 2.24) is 15.0 Å². The third-order valence-corrected chi connectivity index (χ3v) is 2.91. The number of alkyl halides is 3. The van der Waals surface area contributed by atoms with E-state index in [0.29, 0.717) is 5.82 Å². The number of ether oxygens (including phenoxy) is 1. The predicted octanol–water partition coefficient (Wildman–Crippen LogP) is 3.14. The zero-order chi connectivity index (χ0) is 16.3. The number of carbonyl (C=O) groups is 1. The second-order valence-electron chi connectivity index (χ2n) is 4.54. The number of halogens is 3. The summed E-state index contributed by atoms with van der Waals surface area (Å²) in [5.74, 6) is 0.307. The van der Waals surface area contributed by atoms with Gasteiger partial charge < -0.3 is 4.74 Å². The molecule has 2 aromatic rings. The van der Waals surface area contributed by atoms with Crippen LogP contribution < -0.4 is 5.32 Å². The second kappa shape index (κ2) is 6.04. The molecule has 0 saturated heterocycles. The topological polar surface area (TPSA) is 69.0 Å². The lowest BCUT2D eigenvalue weighted by Crippen LogP contribution is -2.18. The maximum absolute atomic E-state index is 12.7. The molecule has 0 saturated carbocycles. The smallest absolute Gasteiger partial charge is 0.416 e. The molecule has 0 spiro atoms. The molecule has 0 fully saturated rings. The summed E-state index contributed by atoms with van der Waals surface area (Å²) in [5.41, 5.74) is -0.551. The van der Waals surface area contributed by atoms with Crippen LogP contribution in [0.25, 0.3) is 0 Å². The summed E-state index contributed by atoms with van der Waals surface area (Å²) >= 11 is 0. The minimum absolute atomic E-state index is 0.244. The number of amides is 1. The number of aromatic nitrogens is 3. The van der Waals surface area contributed by atoms with E-state index in [0.717, 1.165) is 12.1 Å². The summed E-state index contributed by atoms with van der Waals surface area (Å²) in [7, 11) is 1.57. The number of anilines is 1. The van der Waals surface area contributed by atoms with Gasteiger partial charge in [-0.25, -0.2) is 9.48 Å². The highest BCUT2D eigenvalue weighted by Gasteiger charge is 2.31. The van der Waals surface area contributed by atoms with Crippen LogP contribution in [0.5, 0.6) is 0 Å². The van der Waals surface area contributed by atoms with Gasteiger partial charge in [0.1, 0.15) is 6.10 Å². The molecule has 1 aromatic heterocycles. The number of aryl methyl sites for hydroxylation is 1. The standard InChI is InChI=1S/C13H13F3N4O2/c1-8(9-4-3-5-10(6-9)13(14,15)16)22-12(21)18-11-7-17-19-20(11)2/h3-8H,1-2H3,(H,18,21)/t8-/m0/s1. The number of hydrogen-bond acceptors (Lipinski definition) is 4. The van der Waals surface area contributed by atoms with Crippen LogP contribution in [0.1, 0.15) is 24.2 Å². The predicted molar refractivity (Wildman–Crippen MR) is 71.0 cm³/mol. The van der Waals surface area contributed by atoms with Gasteiger partial charge in [-0.1, -0.05) is 17.3 Å². The molecule has 6 nitrogen and oxygen atoms in total. The van der Waals surface area contributed by atoms with Gasteiger partial charge in [0.2, 0.25) is 0 Å². The number of benzene rings is 1. The van der Waals surface area contributed by atoms with Crippen LogP contribution in [0.2, 0.25) is 0 Å². The molecule has 1 aromatic carbocycles. The zero-order valence-electron chi connectivity index (χ0n) is 11.8. The van der Waals surface area contributed by atoms with E-state index in [-0.39, 0.29) is 5.56 Å². The molecule has 1 atom stereocenters. The molecular formula is C13H13F3N4O2. The zero-order valence-corrected chi connectivity index (χ0v) is 11.8. The largest absolute Gasteiger partial charge is 0.441 e. The Bertz CT molecular complexity index is 669. The van der Waals surface area contributed by atoms with Crippen molar-refractivity contribution in [2.45, 2.75) is 19.2 Å². The van der Waals surface area contributed by atoms with Gasteiger partial charge in [0, 0.05) is 7.05 Å². The van der Waals surface area contributed by atoms with Gasteiger partial charge in [-0.15, -0.1) is 5.10 Å². The van der Waals surface area contributed by atoms with Gasteiger partial charge in [-0.2, -0.15) is 13.2 Å². The Morgan fingerprint density at radius 3 is 2.73 bits per heavy atom. The highest BCUT2D eigenvalue weighted by molar-refractivity contribution is 5.83. The Balaban J connectivity index is 2.04. The molecule has 0 aliphatic carbocycles. The molecule has 2 rings (SSSR count). The van der Waals surface area contributed by atoms with Crippen molar-refractivity contribution in [3.05, 3.63) is 41.6 Å². The summed E-state index contributed by atoms with van der Waals surface area (Å²) in [6.07, 6.45) is -4.78. The average molecular weight is 314 g/mol. The van der Waals surface area contributed by atoms with Crippen LogP contribution in [0, 0.1) is 0 Å². The first-order valence-electron chi connectivity index (χ1n) is 6.27. The van der Waals surface area contributed by atoms with Gasteiger partial charge in [0.15, 0.2) is 5.82 Å². The molecule has 0 aliphatic heterocycles. The summed E-state index contributed by atoms with van der Waals surface area (Å²) in [6.45, 7) is 1.48. The Morgan fingerprint density at radius 1 is 1.41 bits per heavy atom. The van der Waals surface area contributed by atoms with Crippen LogP contribution in [0.3, 0.4) is 0 Å². The number of nitrogens with one attached hydrogen (secondary N) is 1. The van der Waals surface area contributed by atoms with Crippen molar-refractivity contribution in [3.8, 4) is 0 Å². The lowest BCUT2D eigenvalue weighted by molar-refractivity contribution is -0.137. The lowest BCUT2D eigenvalue weighted by atomic mass is 10.1. The fourth-order valence-corrected chi connectivity index (χ4v) is 1.73. The van der Waals surface area contributed by atoms with Crippen LogP contribution in [-0.4, -0.2) is 21.1 Å². The summed E-state index contributed by atoms with van der Waals surface area (Å²) in [6, 6.07) is 4.63. The quantitative estimate of drug-likeness (QED) is 0.945. The molecule has 118 valence electrons. The van der Waals surface area contributed by atoms with Crippen molar-refractivity contribution >= 4 is 11.9 Å². The summed E-state index contributed by atoms with van der Waals surface area (Å²) < 4.78 is 44.3. The van der Waals surface area contributed by atoms with Crippen molar-refractivity contribution < 1.29 is 22.7 Å². The number of hydrogen-bond donors (Lipinski definition) is 1. The van der Waals surface area contributed by atoms with E-state index in [9.17, 15) is 18.0 Å². The SMILES string of the molecule is C[C@H](OC(=O)Nc1cnnn1C)c1cccc(C(F)(F)F)c1. The molecule has 0 aliphatic rings. The molecule has 1 N–H and O–H groups in total. The average Bonchev–Trinajstić information content (AvgIpc) is 2.83. The number of rotatable bonds is 3. The fourth-order valence-electron chi connectivity index (χ4n) is 1.73. The number of carbonyl (C=O) groups excluding carboxylic acids is 1. The minimum atomic E-state index is -4.45. The van der Waals surface area contributed by atoms with E-state index in [1.54, 1.807) is 7.05 Å². The second-order valence-corrected chi connectivity index (χ2v) is 4.54. The van der Waals surface area contributed by atoms with Gasteiger partial charge in [0.05, 0.1) is 11.8 Å². The fraction of sp³-hybridized carbons (Fsp3) is 0.308. The van der Waals surface area contributed by atoms with Crippen LogP contribution in [0.15, 0.2) is 30.5 Å². The minimum Gasteiger partial charge on any atom is -0.441 e. The molecule has 9 heteroatoms. The molecular weight excluding hydrogens is 301 g/mol. The van der Waals surface area contributed by atoms with Gasteiger partial charge in [-0.3, -0.25) is 5.32 Å². The summed E-state index contributed by atoms with van der Waals surface area (Å²) in [5, 5.41) is 9.58. The number of nitrogens with zero attached hydrogens (tertiary/aromatic N) is 3. The molecule has 1 heterocycles. The van der Waals surface area contributed by atoms with Crippen molar-refractivity contribution in [3.63, 3.8) is 0 Å². The van der Waals surface area contributed by atoms with E-state index in [4.69, 9.17) is 4.74 Å². The molecule has 0 bridgehead atoms. The summed E-state index contributed by atoms with van der Waals surface area (Å²) in [4.78, 5) is 11.7. The lowest BCUT2D eigenvalue weighted by Gasteiger charge is -2.15. The van der Waals surface area contributed by atoms with Gasteiger partial charge in [0.25, 0.3) is 0 Å². The van der Waals surface area contributed by atoms with Gasteiger partial charge >= 0.3 is 12.3 Å². The first kappa shape index (κ1) is 15.8. The molecule has 22 heavy (non-hydrogen) atoms. The molecule has 0 radical (unpaired) electrons. The first-order chi connectivity index (χ1) is 10.3. The highest BCUT2D eigenvalue weighted by Crippen LogP contribution is 2.31. The van der Waals surface area contributed by atoms with Crippen LogP contribution in [0.4, 0.5) is 23.8 Å². The third-order valence-electron chi connectivity index (χ3n) is 2.91. The Kier molecular flexibility index (Phi) is 4.34. The Labute approximate surface area is 123 Å². The molecule has 1 amide bonds. The van der Waals surface area contributed by atoms with Gasteiger partial charge in [-0.05, 0) is 24.6 Å². The van der Waals surface area contributed by atoms with E-state index in [1.165, 1.54) is 29.9 Å². The highest BCUT2D eigenvalue weighted by atomic mass is 19.4. The van der Waals surface area contributed by atoms with Crippen LogP contribution in [-0.2, 0) is 18.0 Å². The van der Waals surface area contributed by atoms with E-state index in [1.807, 2.05) is 0 Å². The normalized spacial score (nSPS) is 12.8. The van der Waals surface area contributed by atoms with Crippen molar-refractivity contribution in [2.24, 2.45) is 7.05 Å². The maximum atomic E-state index is 12.7. The Morgan fingerprint density at radius 2 is 2.14 bits per heavy atom. The Hall–Kier alpha value is -2.58. The third kappa shape index (κ3) is 3.74. The first-order valence-corrected chi connectivity index (χ1v) is 6.27. The monoisotopic (exact) mass is 314 g/mol. The van der Waals surface area contributed by atoms with E-state index >= 15 is 0 Å². The van der Waals surface area contributed by atoms with Crippen molar-refractivity contribution in [1.29, 1.82) is 0 Å². The van der Waals surface area contributed by atoms with Crippen molar-refractivity contribution in [2.75, 3.05) is 5.32 Å². The van der Waals surface area contributed by atoms with Crippen LogP contribution >= 0.6 is 0 Å². The van der Waals surface area contributed by atoms with E-state index < -0.39 is 23.9 Å². The molecule has 0 unspecified atom stereocenters.